The second-order valence-electron chi connectivity index (χ2n) is 8.05. The highest BCUT2D eigenvalue weighted by Crippen LogP contribution is 2.31. The van der Waals surface area contributed by atoms with Crippen LogP contribution in [0.1, 0.15) is 18.3 Å². The Labute approximate surface area is 204 Å². The van der Waals surface area contributed by atoms with E-state index in [1.54, 1.807) is 4.90 Å². The first-order chi connectivity index (χ1) is 16.4. The van der Waals surface area contributed by atoms with Gasteiger partial charge in [0.05, 0.1) is 0 Å². The number of hydrogen-bond donors (Lipinski definition) is 2. The van der Waals surface area contributed by atoms with E-state index >= 15 is 0 Å². The number of para-hydroxylation sites is 2. The van der Waals surface area contributed by atoms with E-state index < -0.39 is 6.10 Å². The number of carbonyl (C=O) groups is 1. The van der Waals surface area contributed by atoms with E-state index in [-0.39, 0.29) is 12.5 Å². The highest BCUT2D eigenvalue weighted by molar-refractivity contribution is 7.80. The molecule has 34 heavy (non-hydrogen) atoms. The summed E-state index contributed by atoms with van der Waals surface area (Å²) in [5, 5.41) is 6.63. The molecule has 1 unspecified atom stereocenters. The number of nitrogens with zero attached hydrogens (tertiary/aromatic N) is 5. The van der Waals surface area contributed by atoms with Crippen LogP contribution < -0.4 is 20.1 Å². The molecule has 1 atom stereocenters. The topological polar surface area (TPSA) is 104 Å². The number of rotatable bonds is 3. The molecule has 3 heterocycles. The lowest BCUT2D eigenvalue weighted by Crippen LogP contribution is -2.56. The van der Waals surface area contributed by atoms with Crippen molar-refractivity contribution >= 4 is 35.1 Å². The van der Waals surface area contributed by atoms with Gasteiger partial charge >= 0.3 is 0 Å². The van der Waals surface area contributed by atoms with Gasteiger partial charge in [-0.1, -0.05) is 12.1 Å². The zero-order valence-corrected chi connectivity index (χ0v) is 20.4. The molecule has 1 fully saturated rings. The van der Waals surface area contributed by atoms with Crippen molar-refractivity contribution in [3.8, 4) is 11.5 Å². The summed E-state index contributed by atoms with van der Waals surface area (Å²) >= 11 is 5.35. The van der Waals surface area contributed by atoms with Crippen LogP contribution in [0.2, 0.25) is 0 Å². The maximum Gasteiger partial charge on any atom is 0.267 e. The molecule has 180 valence electrons. The molecular weight excluding hydrogens is 454 g/mol. The molecule has 2 N–H and O–H groups in total. The first-order valence-electron chi connectivity index (χ1n) is 11.3. The molecule has 1 saturated heterocycles. The van der Waals surface area contributed by atoms with Crippen LogP contribution in [0.3, 0.4) is 0 Å². The molecule has 0 bridgehead atoms. The van der Waals surface area contributed by atoms with E-state index in [4.69, 9.17) is 21.7 Å². The lowest BCUT2D eigenvalue weighted by atomic mass is 10.2. The van der Waals surface area contributed by atoms with Crippen molar-refractivity contribution in [1.82, 2.24) is 25.1 Å². The number of carbonyl (C=O) groups excluding carboxylic acids is 1. The molecule has 1 aromatic carbocycles. The van der Waals surface area contributed by atoms with E-state index in [0.717, 1.165) is 11.4 Å². The quantitative estimate of drug-likeness (QED) is 0.384. The monoisotopic (exact) mass is 483 g/mol. The number of nitrogens with one attached hydrogen (secondary N) is 2. The lowest BCUT2D eigenvalue weighted by Gasteiger charge is -2.38. The molecule has 2 aliphatic rings. The van der Waals surface area contributed by atoms with Gasteiger partial charge in [0, 0.05) is 44.1 Å². The minimum absolute atomic E-state index is 0.0820. The van der Waals surface area contributed by atoms with Crippen LogP contribution in [-0.4, -0.2) is 82.2 Å². The van der Waals surface area contributed by atoms with E-state index in [0.29, 0.717) is 61.2 Å². The van der Waals surface area contributed by atoms with Crippen molar-refractivity contribution in [2.45, 2.75) is 26.9 Å². The van der Waals surface area contributed by atoms with Gasteiger partial charge in [-0.15, -0.1) is 0 Å². The number of aryl methyl sites for hydroxylation is 2. The van der Waals surface area contributed by atoms with Gasteiger partial charge in [-0.05, 0) is 51.2 Å². The highest BCUT2D eigenvalue weighted by Gasteiger charge is 2.33. The maximum absolute atomic E-state index is 13.1. The minimum atomic E-state index is -0.655. The lowest BCUT2D eigenvalue weighted by molar-refractivity contribution is -0.142. The van der Waals surface area contributed by atoms with Gasteiger partial charge in [-0.2, -0.15) is 4.99 Å². The van der Waals surface area contributed by atoms with Crippen LogP contribution in [-0.2, 0) is 4.79 Å². The van der Waals surface area contributed by atoms with Crippen LogP contribution in [0.4, 0.5) is 5.95 Å². The molecule has 0 saturated carbocycles. The van der Waals surface area contributed by atoms with Gasteiger partial charge in [0.1, 0.15) is 6.61 Å². The number of anilines is 1. The van der Waals surface area contributed by atoms with Crippen LogP contribution >= 0.6 is 12.2 Å². The van der Waals surface area contributed by atoms with E-state index in [2.05, 4.69) is 25.6 Å². The molecule has 4 rings (SSSR count). The van der Waals surface area contributed by atoms with Crippen molar-refractivity contribution in [1.29, 1.82) is 0 Å². The Kier molecular flexibility index (Phi) is 7.41. The zero-order valence-electron chi connectivity index (χ0n) is 19.6. The number of guanidine groups is 1. The number of aliphatic imine (C=N–C) groups is 1. The third-order valence-corrected chi connectivity index (χ3v) is 5.65. The molecule has 1 amide bonds. The predicted octanol–water partition coefficient (Wildman–Crippen LogP) is 1.74. The van der Waals surface area contributed by atoms with Gasteiger partial charge in [0.15, 0.2) is 16.6 Å². The van der Waals surface area contributed by atoms with Crippen molar-refractivity contribution in [3.63, 3.8) is 0 Å². The van der Waals surface area contributed by atoms with Gasteiger partial charge in [0.25, 0.3) is 5.91 Å². The summed E-state index contributed by atoms with van der Waals surface area (Å²) in [5.41, 5.74) is 1.71. The van der Waals surface area contributed by atoms with Crippen LogP contribution in [0.15, 0.2) is 35.3 Å². The Morgan fingerprint density at radius 1 is 1.12 bits per heavy atom. The number of ether oxygens (including phenoxy) is 2. The summed E-state index contributed by atoms with van der Waals surface area (Å²) in [7, 11) is 0. The van der Waals surface area contributed by atoms with Gasteiger partial charge in [0.2, 0.25) is 18.0 Å². The Morgan fingerprint density at radius 2 is 1.76 bits per heavy atom. The molecule has 2 aromatic rings. The first kappa shape index (κ1) is 23.7. The Hall–Kier alpha value is -3.47. The maximum atomic E-state index is 13.1. The summed E-state index contributed by atoms with van der Waals surface area (Å²) in [6.45, 7) is 8.84. The van der Waals surface area contributed by atoms with E-state index in [1.165, 1.54) is 0 Å². The zero-order chi connectivity index (χ0) is 24.1. The van der Waals surface area contributed by atoms with Crippen LogP contribution in [0.5, 0.6) is 11.5 Å². The Morgan fingerprint density at radius 3 is 2.44 bits per heavy atom. The number of amides is 1. The molecule has 0 radical (unpaired) electrons. The summed E-state index contributed by atoms with van der Waals surface area (Å²) in [5.74, 6) is 2.18. The highest BCUT2D eigenvalue weighted by atomic mass is 32.1. The molecule has 1 aromatic heterocycles. The second-order valence-corrected chi connectivity index (χ2v) is 8.43. The number of benzene rings is 1. The van der Waals surface area contributed by atoms with E-state index in [1.807, 2.05) is 56.0 Å². The van der Waals surface area contributed by atoms with Crippen LogP contribution in [0, 0.1) is 13.8 Å². The number of aromatic nitrogens is 2. The third kappa shape index (κ3) is 5.71. The first-order valence-corrected chi connectivity index (χ1v) is 11.7. The molecule has 0 spiro atoms. The fourth-order valence-corrected chi connectivity index (χ4v) is 4.06. The standard InChI is InChI=1S/C23H29N7O3S/c1-4-24-23(34)28-22(27-21-25-15(2)13-16(3)26-21)30-11-9-29(10-12-30)20(31)19-14-32-17-7-5-6-8-18(17)33-19/h5-8,13,19H,4,9-12,14H2,1-3H3,(H2,24,25,26,27,28,34). The molecule has 2 aliphatic heterocycles. The summed E-state index contributed by atoms with van der Waals surface area (Å²) in [4.78, 5) is 30.4. The molecule has 0 aliphatic carbocycles. The fourth-order valence-electron chi connectivity index (χ4n) is 3.83. The van der Waals surface area contributed by atoms with Gasteiger partial charge in [-0.25, -0.2) is 9.97 Å². The summed E-state index contributed by atoms with van der Waals surface area (Å²) in [6.07, 6.45) is -0.655. The van der Waals surface area contributed by atoms with Gasteiger partial charge in [-0.3, -0.25) is 10.1 Å². The van der Waals surface area contributed by atoms with Crippen molar-refractivity contribution < 1.29 is 14.3 Å². The number of fused-ring (bicyclic) bond motifs is 1. The average Bonchev–Trinajstić information content (AvgIpc) is 2.82. The summed E-state index contributed by atoms with van der Waals surface area (Å²) in [6, 6.07) is 9.29. The number of piperazine rings is 1. The minimum Gasteiger partial charge on any atom is -0.485 e. The summed E-state index contributed by atoms with van der Waals surface area (Å²) < 4.78 is 11.6. The van der Waals surface area contributed by atoms with Crippen LogP contribution in [0.25, 0.3) is 0 Å². The Balaban J connectivity index is 1.42. The van der Waals surface area contributed by atoms with Crippen molar-refractivity contribution in [2.75, 3.05) is 44.6 Å². The predicted molar refractivity (Wildman–Crippen MR) is 133 cm³/mol. The molecule has 10 nitrogen and oxygen atoms in total. The smallest absolute Gasteiger partial charge is 0.267 e. The van der Waals surface area contributed by atoms with Crippen molar-refractivity contribution in [3.05, 3.63) is 41.7 Å². The molecule has 11 heteroatoms. The SMILES string of the molecule is CCNC(=S)/N=C(/Nc1nc(C)cc(C)n1)N1CCN(C(=O)C2COc3ccccc3O2)CC1. The number of thiocarbonyl (C=S) groups is 1. The van der Waals surface area contributed by atoms with Crippen molar-refractivity contribution in [2.24, 2.45) is 4.99 Å². The number of hydrogen-bond acceptors (Lipinski definition) is 6. The average molecular weight is 484 g/mol. The molecular formula is C23H29N7O3S. The fraction of sp³-hybridized carbons (Fsp3) is 0.435. The second kappa shape index (κ2) is 10.6. The Bertz CT molecular complexity index is 1070. The third-order valence-electron chi connectivity index (χ3n) is 5.42. The van der Waals surface area contributed by atoms with Gasteiger partial charge < -0.3 is 24.6 Å². The van der Waals surface area contributed by atoms with E-state index in [9.17, 15) is 4.79 Å². The largest absolute Gasteiger partial charge is 0.485 e. The normalized spacial score (nSPS) is 17.9.